The minimum Gasteiger partial charge on any atom is -0.341 e. The summed E-state index contributed by atoms with van der Waals surface area (Å²) in [5.74, 6) is 6.06. The van der Waals surface area contributed by atoms with Crippen molar-refractivity contribution in [3.8, 4) is 11.8 Å². The first-order valence-electron chi connectivity index (χ1n) is 7.19. The molecule has 0 saturated carbocycles. The van der Waals surface area contributed by atoms with E-state index >= 15 is 0 Å². The molecule has 0 fully saturated rings. The molecule has 3 nitrogen and oxygen atoms in total. The third-order valence-corrected chi connectivity index (χ3v) is 3.10. The second-order valence-electron chi connectivity index (χ2n) is 4.91. The van der Waals surface area contributed by atoms with E-state index in [1.54, 1.807) is 4.90 Å². The van der Waals surface area contributed by atoms with Gasteiger partial charge in [-0.3, -0.25) is 4.79 Å². The van der Waals surface area contributed by atoms with Gasteiger partial charge in [0, 0.05) is 25.6 Å². The Hall–Kier alpha value is -1.79. The van der Waals surface area contributed by atoms with Crippen LogP contribution in [0.1, 0.15) is 43.7 Å². The van der Waals surface area contributed by atoms with Crippen LogP contribution in [0.5, 0.6) is 0 Å². The van der Waals surface area contributed by atoms with Gasteiger partial charge in [0.15, 0.2) is 0 Å². The predicted molar refractivity (Wildman–Crippen MR) is 83.0 cm³/mol. The first-order valence-corrected chi connectivity index (χ1v) is 7.19. The van der Waals surface area contributed by atoms with Gasteiger partial charge in [-0.25, -0.2) is 0 Å². The van der Waals surface area contributed by atoms with E-state index in [0.717, 1.165) is 30.4 Å². The van der Waals surface area contributed by atoms with E-state index in [4.69, 9.17) is 5.73 Å². The quantitative estimate of drug-likeness (QED) is 0.639. The molecule has 1 amide bonds. The lowest BCUT2D eigenvalue weighted by Gasteiger charge is -2.17. The lowest BCUT2D eigenvalue weighted by molar-refractivity contribution is -0.130. The molecular weight excluding hydrogens is 248 g/mol. The van der Waals surface area contributed by atoms with Gasteiger partial charge >= 0.3 is 0 Å². The number of nitrogens with zero attached hydrogens (tertiary/aromatic N) is 1. The predicted octanol–water partition coefficient (Wildman–Crippen LogP) is 2.54. The average molecular weight is 272 g/mol. The van der Waals surface area contributed by atoms with E-state index in [0.29, 0.717) is 19.5 Å². The fourth-order valence-electron chi connectivity index (χ4n) is 1.98. The number of nitrogens with two attached hydrogens (primary N) is 1. The molecule has 0 aliphatic heterocycles. The number of amides is 1. The molecule has 0 aromatic heterocycles. The topological polar surface area (TPSA) is 46.3 Å². The number of hydrogen-bond acceptors (Lipinski definition) is 2. The van der Waals surface area contributed by atoms with Crippen molar-refractivity contribution < 1.29 is 4.79 Å². The van der Waals surface area contributed by atoms with E-state index in [2.05, 4.69) is 18.8 Å². The Morgan fingerprint density at radius 2 is 2.15 bits per heavy atom. The molecule has 0 unspecified atom stereocenters. The van der Waals surface area contributed by atoms with Crippen molar-refractivity contribution >= 4 is 5.91 Å². The Balaban J connectivity index is 2.56. The molecule has 0 bridgehead atoms. The summed E-state index contributed by atoms with van der Waals surface area (Å²) in [6.07, 6.45) is 3.86. The van der Waals surface area contributed by atoms with Crippen LogP contribution < -0.4 is 5.73 Å². The summed E-state index contributed by atoms with van der Waals surface area (Å²) in [5, 5.41) is 0. The van der Waals surface area contributed by atoms with Crippen LogP contribution in [0.3, 0.4) is 0 Å². The Morgan fingerprint density at radius 1 is 1.35 bits per heavy atom. The molecule has 0 saturated heterocycles. The minimum absolute atomic E-state index is 0.205. The van der Waals surface area contributed by atoms with Crippen LogP contribution in [0.15, 0.2) is 24.3 Å². The van der Waals surface area contributed by atoms with Crippen molar-refractivity contribution in [2.75, 3.05) is 13.6 Å². The lowest BCUT2D eigenvalue weighted by Crippen LogP contribution is -2.25. The molecule has 0 spiro atoms. The van der Waals surface area contributed by atoms with Crippen LogP contribution in [0.4, 0.5) is 0 Å². The van der Waals surface area contributed by atoms with Gasteiger partial charge in [0.05, 0.1) is 6.54 Å². The smallest absolute Gasteiger partial charge is 0.222 e. The largest absolute Gasteiger partial charge is 0.341 e. The van der Waals surface area contributed by atoms with Crippen LogP contribution in [-0.4, -0.2) is 24.4 Å². The van der Waals surface area contributed by atoms with E-state index in [-0.39, 0.29) is 5.91 Å². The Morgan fingerprint density at radius 3 is 2.85 bits per heavy atom. The summed E-state index contributed by atoms with van der Waals surface area (Å²) in [6.45, 7) is 3.13. The molecule has 1 rings (SSSR count). The number of carbonyl (C=O) groups is 1. The highest BCUT2D eigenvalue weighted by atomic mass is 16.2. The van der Waals surface area contributed by atoms with Crippen molar-refractivity contribution in [2.45, 2.75) is 39.2 Å². The molecule has 1 aromatic carbocycles. The lowest BCUT2D eigenvalue weighted by atomic mass is 10.1. The van der Waals surface area contributed by atoms with Crippen LogP contribution in [0.25, 0.3) is 0 Å². The number of benzene rings is 1. The maximum Gasteiger partial charge on any atom is 0.222 e. The molecule has 0 atom stereocenters. The number of unbranched alkanes of at least 4 members (excludes halogenated alkanes) is 2. The van der Waals surface area contributed by atoms with Gasteiger partial charge in [-0.05, 0) is 24.1 Å². The summed E-state index contributed by atoms with van der Waals surface area (Å²) >= 11 is 0. The number of hydrogen-bond donors (Lipinski definition) is 1. The molecule has 0 heterocycles. The molecule has 2 N–H and O–H groups in total. The van der Waals surface area contributed by atoms with Crippen molar-refractivity contribution in [3.05, 3.63) is 35.4 Å². The van der Waals surface area contributed by atoms with E-state index in [9.17, 15) is 4.79 Å². The second-order valence-corrected chi connectivity index (χ2v) is 4.91. The Bertz CT molecular complexity index is 485. The Labute approximate surface area is 122 Å². The summed E-state index contributed by atoms with van der Waals surface area (Å²) in [5.41, 5.74) is 7.41. The molecule has 108 valence electrons. The maximum absolute atomic E-state index is 12.0. The zero-order valence-electron chi connectivity index (χ0n) is 12.5. The zero-order valence-corrected chi connectivity index (χ0v) is 12.5. The third kappa shape index (κ3) is 5.90. The molecule has 0 aliphatic rings. The van der Waals surface area contributed by atoms with Crippen LogP contribution >= 0.6 is 0 Å². The van der Waals surface area contributed by atoms with E-state index < -0.39 is 0 Å². The highest BCUT2D eigenvalue weighted by Gasteiger charge is 2.08. The van der Waals surface area contributed by atoms with Gasteiger partial charge in [-0.15, -0.1) is 0 Å². The van der Waals surface area contributed by atoms with Crippen LogP contribution in [0.2, 0.25) is 0 Å². The highest BCUT2D eigenvalue weighted by molar-refractivity contribution is 5.75. The standard InChI is InChI=1S/C17H24N2O/c1-3-4-5-11-17(20)19(2)14-16-9-6-8-15(13-16)10-7-12-18/h6,8-9,13H,3-5,11-12,14,18H2,1-2H3. The van der Waals surface area contributed by atoms with Crippen LogP contribution in [0, 0.1) is 11.8 Å². The first kappa shape index (κ1) is 16.3. The van der Waals surface area contributed by atoms with Gasteiger partial charge in [0.25, 0.3) is 0 Å². The third-order valence-electron chi connectivity index (χ3n) is 3.10. The normalized spacial score (nSPS) is 9.75. The number of carbonyl (C=O) groups excluding carboxylic acids is 1. The molecule has 0 aliphatic carbocycles. The van der Waals surface area contributed by atoms with Crippen molar-refractivity contribution in [1.29, 1.82) is 0 Å². The van der Waals surface area contributed by atoms with Gasteiger partial charge in [0.1, 0.15) is 0 Å². The SMILES string of the molecule is CCCCCC(=O)N(C)Cc1cccc(C#CCN)c1. The fourth-order valence-corrected chi connectivity index (χ4v) is 1.98. The van der Waals surface area contributed by atoms with Gasteiger partial charge in [0.2, 0.25) is 5.91 Å². The van der Waals surface area contributed by atoms with Gasteiger partial charge in [-0.1, -0.05) is 43.7 Å². The molecule has 20 heavy (non-hydrogen) atoms. The minimum atomic E-state index is 0.205. The number of rotatable bonds is 6. The molecule has 3 heteroatoms. The summed E-state index contributed by atoms with van der Waals surface area (Å²) in [4.78, 5) is 13.7. The molecule has 0 radical (unpaired) electrons. The first-order chi connectivity index (χ1) is 9.67. The summed E-state index contributed by atoms with van der Waals surface area (Å²) < 4.78 is 0. The maximum atomic E-state index is 12.0. The van der Waals surface area contributed by atoms with Crippen molar-refractivity contribution in [3.63, 3.8) is 0 Å². The summed E-state index contributed by atoms with van der Waals surface area (Å²) in [6, 6.07) is 7.95. The van der Waals surface area contributed by atoms with Gasteiger partial charge < -0.3 is 10.6 Å². The van der Waals surface area contributed by atoms with Gasteiger partial charge in [-0.2, -0.15) is 0 Å². The zero-order chi connectivity index (χ0) is 14.8. The fraction of sp³-hybridized carbons (Fsp3) is 0.471. The highest BCUT2D eigenvalue weighted by Crippen LogP contribution is 2.09. The van der Waals surface area contributed by atoms with E-state index in [1.807, 2.05) is 31.3 Å². The average Bonchev–Trinajstić information content (AvgIpc) is 2.45. The molecule has 1 aromatic rings. The second kappa shape index (κ2) is 9.17. The van der Waals surface area contributed by atoms with Crippen LogP contribution in [-0.2, 0) is 11.3 Å². The monoisotopic (exact) mass is 272 g/mol. The van der Waals surface area contributed by atoms with Crippen molar-refractivity contribution in [1.82, 2.24) is 4.90 Å². The van der Waals surface area contributed by atoms with E-state index in [1.165, 1.54) is 0 Å². The summed E-state index contributed by atoms with van der Waals surface area (Å²) in [7, 11) is 1.85. The molecular formula is C17H24N2O. The Kier molecular flexibility index (Phi) is 7.46. The van der Waals surface area contributed by atoms with Crippen molar-refractivity contribution in [2.24, 2.45) is 5.73 Å².